The largest absolute Gasteiger partial charge is 0.459 e. The minimum absolute atomic E-state index is 0.0281. The van der Waals surface area contributed by atoms with Gasteiger partial charge in [-0.25, -0.2) is 44.4 Å². The first-order valence-corrected chi connectivity index (χ1v) is 47.4. The van der Waals surface area contributed by atoms with Crippen molar-refractivity contribution in [2.45, 2.75) is 225 Å². The molecule has 4 fully saturated rings. The van der Waals surface area contributed by atoms with Gasteiger partial charge in [0.25, 0.3) is 23.5 Å². The number of hydrogen-bond acceptors (Lipinski definition) is 32. The van der Waals surface area contributed by atoms with Crippen LogP contribution in [-0.2, 0) is 92.8 Å². The molecular weight excluding hydrogens is 1750 g/mol. The molecule has 5 aliphatic rings. The summed E-state index contributed by atoms with van der Waals surface area (Å²) in [5.41, 5.74) is 22.3. The van der Waals surface area contributed by atoms with Crippen molar-refractivity contribution in [2.75, 3.05) is 129 Å². The Hall–Kier alpha value is -11.0. The van der Waals surface area contributed by atoms with Crippen LogP contribution in [0, 0.1) is 29.6 Å². The smallest absolute Gasteiger partial charge is 0.329 e. The Morgan fingerprint density at radius 2 is 1.49 bits per heavy atom. The average Bonchev–Trinajstić information content (AvgIpc) is 1.62. The number of piperazine rings is 1. The monoisotopic (exact) mass is 1880 g/mol. The van der Waals surface area contributed by atoms with Crippen molar-refractivity contribution in [3.05, 3.63) is 150 Å². The lowest BCUT2D eigenvalue weighted by molar-refractivity contribution is -0.265. The molecule has 7 aromatic rings. The number of nitrogens with zero attached hydrogens (tertiary/aromatic N) is 14. The zero-order chi connectivity index (χ0) is 97.1. The summed E-state index contributed by atoms with van der Waals surface area (Å²) in [7, 11) is 4.54. The molecule has 0 unspecified atom stereocenters. The van der Waals surface area contributed by atoms with Gasteiger partial charge >= 0.3 is 5.97 Å². The number of Topliss-reactive ketones (excluding diaryl/α,β-unsaturated/α-hetero) is 1. The highest BCUT2D eigenvalue weighted by Crippen LogP contribution is 2.39. The summed E-state index contributed by atoms with van der Waals surface area (Å²) in [6, 6.07) is 8.23. The second-order valence-electron chi connectivity index (χ2n) is 36.7. The molecule has 1 saturated carbocycles. The normalized spacial score (nSPS) is 21.6. The molecule has 38 heteroatoms. The number of pyridine rings is 1. The van der Waals surface area contributed by atoms with E-state index >= 15 is 0 Å². The summed E-state index contributed by atoms with van der Waals surface area (Å²) < 4.78 is 48.8. The van der Waals surface area contributed by atoms with E-state index in [1.807, 2.05) is 77.6 Å². The van der Waals surface area contributed by atoms with Crippen LogP contribution in [0.2, 0.25) is 0 Å². The second kappa shape index (κ2) is 50.4. The van der Waals surface area contributed by atoms with Gasteiger partial charge in [-0.3, -0.25) is 24.0 Å². The fraction of sp³-hybridized carbons (Fsp3) is 0.582. The lowest BCUT2D eigenvalue weighted by Crippen LogP contribution is -2.61. The van der Waals surface area contributed by atoms with Gasteiger partial charge in [0.15, 0.2) is 12.3 Å². The molecule has 4 amide bonds. The number of hydrogen-bond donors (Lipinski definition) is 9. The van der Waals surface area contributed by atoms with Gasteiger partial charge in [-0.2, -0.15) is 5.10 Å². The molecule has 4 aliphatic heterocycles. The molecule has 6 aromatic heterocycles. The fourth-order valence-corrected chi connectivity index (χ4v) is 18.5. The SMILES string of the molecule is C=C/C=C/C=C(\C)[C@H](C[C@@H]1CC[C@@H](C)[C@](O)(C(=O)C(=O)N2CCCC[C@H]2C(=O)O[C@@H](C[C@@H](O)[C@H](C)/C=C(\C)[C@@H](O)[C@@H](OC)/C(=N/OCC(=O)NCc2cnc(N3CCN(c4ncc(C(=O)NCCOCCOCCOCCC(=O)N5CCc6cc(Cn7nc(-c8cnc9[nH]ccc9c8)c8c(N)ncnc87)ccc6C5)cn4)CC3)nc2)[C@H](C)CC(C)C)[C@H](N)C[C@@H]2CC[C@@H](O)[C@H](OC)C2)O1)OC. The molecule has 38 nitrogen and oxygen atoms in total. The van der Waals surface area contributed by atoms with E-state index in [2.05, 4.69) is 80.4 Å². The lowest BCUT2D eigenvalue weighted by Gasteiger charge is -2.42. The van der Waals surface area contributed by atoms with Gasteiger partial charge < -0.3 is 110 Å². The predicted molar refractivity (Wildman–Crippen MR) is 509 cm³/mol. The number of aromatic amines is 1. The number of nitrogens with one attached hydrogen (secondary N) is 3. The summed E-state index contributed by atoms with van der Waals surface area (Å²) in [6.45, 7) is 22.3. The summed E-state index contributed by atoms with van der Waals surface area (Å²) >= 11 is 0. The van der Waals surface area contributed by atoms with E-state index < -0.39 is 109 Å². The first-order valence-electron chi connectivity index (χ1n) is 47.4. The number of methoxy groups -OCH3 is 3. The van der Waals surface area contributed by atoms with Gasteiger partial charge in [0.1, 0.15) is 47.8 Å². The molecule has 15 atom stereocenters. The number of rotatable bonds is 48. The first kappa shape index (κ1) is 104. The van der Waals surface area contributed by atoms with E-state index in [-0.39, 0.29) is 81.7 Å². The molecule has 1 aliphatic carbocycles. The number of likely N-dealkylation sites (tertiary alicyclic amines) is 1. The van der Waals surface area contributed by atoms with Crippen LogP contribution in [0.1, 0.15) is 165 Å². The third kappa shape index (κ3) is 27.7. The Bertz CT molecular complexity index is 5260. The maximum Gasteiger partial charge on any atom is 0.329 e. The number of oxime groups is 1. The number of esters is 1. The summed E-state index contributed by atoms with van der Waals surface area (Å²) in [4.78, 5) is 131. The number of nitrogen functional groups attached to an aromatic ring is 1. The highest BCUT2D eigenvalue weighted by atomic mass is 16.6. The number of aliphatic hydroxyl groups is 4. The second-order valence-corrected chi connectivity index (χ2v) is 36.7. The Morgan fingerprint density at radius 1 is 0.772 bits per heavy atom. The van der Waals surface area contributed by atoms with Gasteiger partial charge in [-0.1, -0.05) is 94.9 Å². The van der Waals surface area contributed by atoms with E-state index in [0.717, 1.165) is 44.6 Å². The van der Waals surface area contributed by atoms with E-state index in [4.69, 9.17) is 59.3 Å². The summed E-state index contributed by atoms with van der Waals surface area (Å²) in [5.74, 6) is -6.63. The van der Waals surface area contributed by atoms with Crippen molar-refractivity contribution in [1.82, 2.24) is 70.1 Å². The van der Waals surface area contributed by atoms with Crippen molar-refractivity contribution in [2.24, 2.45) is 40.5 Å². The van der Waals surface area contributed by atoms with Gasteiger partial charge in [-0.05, 0) is 136 Å². The number of piperidine rings is 1. The minimum Gasteiger partial charge on any atom is -0.459 e. The molecule has 738 valence electrons. The van der Waals surface area contributed by atoms with Crippen LogP contribution < -0.4 is 31.9 Å². The third-order valence-corrected chi connectivity index (χ3v) is 26.3. The van der Waals surface area contributed by atoms with Crippen molar-refractivity contribution >= 4 is 80.9 Å². The van der Waals surface area contributed by atoms with E-state index in [1.54, 1.807) is 64.7 Å². The summed E-state index contributed by atoms with van der Waals surface area (Å²) in [6.07, 6.45) is 19.0. The number of H-pyrrole nitrogens is 1. The number of benzene rings is 1. The minimum atomic E-state index is -2.49. The number of aliphatic hydroxyl groups excluding tert-OH is 3. The topological polar surface area (TPSA) is 492 Å². The van der Waals surface area contributed by atoms with Crippen LogP contribution in [0.5, 0.6) is 0 Å². The zero-order valence-corrected chi connectivity index (χ0v) is 79.9. The average molecular weight is 1890 g/mol. The lowest BCUT2D eigenvalue weighted by atomic mass is 9.80. The van der Waals surface area contributed by atoms with Gasteiger partial charge in [-0.15, -0.1) is 0 Å². The third-order valence-electron chi connectivity index (χ3n) is 26.3. The number of amides is 4. The molecule has 0 radical (unpaired) electrons. The maximum absolute atomic E-state index is 14.7. The number of anilines is 3. The van der Waals surface area contributed by atoms with Gasteiger partial charge in [0.05, 0.1) is 99.8 Å². The van der Waals surface area contributed by atoms with Crippen molar-refractivity contribution in [3.8, 4) is 11.3 Å². The van der Waals surface area contributed by atoms with Crippen molar-refractivity contribution in [1.29, 1.82) is 0 Å². The highest BCUT2D eigenvalue weighted by molar-refractivity contribution is 6.39. The molecule has 11 N–H and O–H groups in total. The standard InChI is InChI=1S/C98H137N19O19/c1-12-13-14-17-61(4)79(128-9)48-74-23-19-65(8)98(127,136-74)89(123)94(125)116-30-16-15-18-76(116)95(126)135-80(75(99)45-66-21-24-77(118)81(46-66)129-10)49-78(119)62(5)43-64(7)87(122)88(130-11)85(63(6)42-60(2)3)112-134-58-82(120)103-50-68-51-105-96(106-52-68)113-32-34-114(35-33-113)97-107-54-73(55-108-97)93(124)102-29-37-132-39-41-133-40-38-131-36-27-83(121)115-31-26-69-44-67(20-22-71(69)57-115)56-117-92-84(90(100)109-59-110-92)86(111-117)72-47-70-25-28-101-91(70)104-53-72/h12-14,17,20,22,25,28,43-44,47,51-55,59-60,62-63,65-66,74-81,87-88,118-119,122,127H,1,15-16,18-19,21,23-24,26-27,29-42,45-46,48-50,56-58,99H2,2-11H3,(H,101,104)(H,102,124)(H,103,120)(H2,100,109,110)/b14-13+,61-17+,64-43+,112-85+/t62-,63-,65-,66+,74+,75-,76+,77-,78-,79+,80+,81-,87-,88+,98-/m1/s1. The van der Waals surface area contributed by atoms with Crippen LogP contribution in [0.15, 0.2) is 127 Å². The number of nitrogens with two attached hydrogens (primary N) is 2. The molecular formula is C98H137N19O19. The Labute approximate surface area is 794 Å². The number of ether oxygens (including phenoxy) is 8. The van der Waals surface area contributed by atoms with Crippen LogP contribution in [0.3, 0.4) is 0 Å². The van der Waals surface area contributed by atoms with E-state index in [9.17, 15) is 49.2 Å². The molecule has 10 heterocycles. The molecule has 136 heavy (non-hydrogen) atoms. The number of fused-ring (bicyclic) bond motifs is 3. The van der Waals surface area contributed by atoms with Crippen molar-refractivity contribution in [3.63, 3.8) is 0 Å². The van der Waals surface area contributed by atoms with Crippen LogP contribution in [0.25, 0.3) is 33.3 Å². The number of carbonyl (C=O) groups is 6. The first-order chi connectivity index (χ1) is 65.5. The zero-order valence-electron chi connectivity index (χ0n) is 79.9. The van der Waals surface area contributed by atoms with Gasteiger partial charge in [0.2, 0.25) is 23.6 Å². The fourth-order valence-electron chi connectivity index (χ4n) is 18.5. The van der Waals surface area contributed by atoms with E-state index in [1.165, 1.54) is 38.5 Å². The number of carbonyl (C=O) groups excluding carboxylic acids is 6. The van der Waals surface area contributed by atoms with Gasteiger partial charge in [0, 0.05) is 171 Å². The Morgan fingerprint density at radius 3 is 2.20 bits per heavy atom. The highest BCUT2D eigenvalue weighted by Gasteiger charge is 2.53. The van der Waals surface area contributed by atoms with E-state index in [0.29, 0.717) is 193 Å². The Balaban J connectivity index is 0.535. The Kier molecular flexibility index (Phi) is 38.5. The number of aromatic nitrogens is 10. The number of allylic oxidation sites excluding steroid dienone is 4. The van der Waals surface area contributed by atoms with Crippen molar-refractivity contribution < 1.29 is 91.9 Å². The molecule has 0 bridgehead atoms. The quantitative estimate of drug-likeness (QED) is 0.00341. The molecule has 12 rings (SSSR count). The molecule has 1 aromatic carbocycles. The predicted octanol–water partition coefficient (Wildman–Crippen LogP) is 7.39. The maximum atomic E-state index is 14.7. The summed E-state index contributed by atoms with van der Waals surface area (Å²) in [5, 5.41) is 63.8. The van der Waals surface area contributed by atoms with Crippen LogP contribution in [0.4, 0.5) is 17.7 Å². The van der Waals surface area contributed by atoms with Crippen LogP contribution >= 0.6 is 0 Å². The molecule has 0 spiro atoms. The molecule has 3 saturated heterocycles. The van der Waals surface area contributed by atoms with Crippen LogP contribution in [-0.4, -0.2) is 301 Å². The number of ketones is 1.